The predicted molar refractivity (Wildman–Crippen MR) is 134 cm³/mol. The summed E-state index contributed by atoms with van der Waals surface area (Å²) in [7, 11) is 0. The maximum atomic E-state index is 12.8. The Balaban J connectivity index is 1.61. The highest BCUT2D eigenvalue weighted by Gasteiger charge is 2.32. The summed E-state index contributed by atoms with van der Waals surface area (Å²) >= 11 is 0. The number of hydrogen-bond donors (Lipinski definition) is 3. The van der Waals surface area contributed by atoms with Crippen LogP contribution in [0.15, 0.2) is 49.0 Å². The van der Waals surface area contributed by atoms with E-state index in [1.165, 1.54) is 12.7 Å². The van der Waals surface area contributed by atoms with Gasteiger partial charge >= 0.3 is 0 Å². The Morgan fingerprint density at radius 3 is 2.79 bits per heavy atom. The Morgan fingerprint density at radius 1 is 1.33 bits per heavy atom. The summed E-state index contributed by atoms with van der Waals surface area (Å²) in [5.74, 6) is 1.23. The number of allylic oxidation sites excluding steroid dienone is 1. The molecule has 1 amide bonds. The minimum absolute atomic E-state index is 0.125. The zero-order chi connectivity index (χ0) is 23.7. The van der Waals surface area contributed by atoms with Gasteiger partial charge in [-0.05, 0) is 62.8 Å². The quantitative estimate of drug-likeness (QED) is 0.437. The Bertz CT molecular complexity index is 1260. The molecule has 2 atom stereocenters. The fourth-order valence-corrected chi connectivity index (χ4v) is 3.80. The van der Waals surface area contributed by atoms with E-state index in [9.17, 15) is 4.79 Å². The van der Waals surface area contributed by atoms with Gasteiger partial charge in [0.25, 0.3) is 5.91 Å². The molecule has 1 unspecified atom stereocenters. The number of amides is 1. The molecule has 1 aromatic carbocycles. The van der Waals surface area contributed by atoms with E-state index in [0.29, 0.717) is 29.9 Å². The molecule has 0 saturated heterocycles. The molecule has 1 aliphatic carbocycles. The zero-order valence-corrected chi connectivity index (χ0v) is 20.0. The number of nitrogens with one attached hydrogen (secondary N) is 3. The first kappa shape index (κ1) is 22.6. The van der Waals surface area contributed by atoms with E-state index < -0.39 is 0 Å². The van der Waals surface area contributed by atoms with Gasteiger partial charge in [0.15, 0.2) is 5.82 Å². The molecule has 3 aromatic rings. The molecule has 172 valence electrons. The van der Waals surface area contributed by atoms with Gasteiger partial charge in [-0.1, -0.05) is 37.3 Å². The molecule has 1 aliphatic rings. The third-order valence-corrected chi connectivity index (χ3v) is 6.40. The maximum absolute atomic E-state index is 12.8. The highest BCUT2D eigenvalue weighted by Crippen LogP contribution is 2.32. The lowest BCUT2D eigenvalue weighted by Crippen LogP contribution is -2.25. The SMILES string of the molecule is C=C(N[C@H]1CC1C)c1ccc(C)c(Nc2ncnn3cc(C(=O)NC/C(C)=C/C)c(C)c23)c1. The van der Waals surface area contributed by atoms with Gasteiger partial charge in [-0.3, -0.25) is 4.79 Å². The first-order valence-electron chi connectivity index (χ1n) is 11.3. The van der Waals surface area contributed by atoms with Gasteiger partial charge in [0.05, 0.1) is 5.56 Å². The van der Waals surface area contributed by atoms with Gasteiger partial charge in [0.2, 0.25) is 0 Å². The Hall–Kier alpha value is -3.61. The van der Waals surface area contributed by atoms with Crippen LogP contribution in [0.2, 0.25) is 0 Å². The average molecular weight is 445 g/mol. The number of benzene rings is 1. The van der Waals surface area contributed by atoms with Crippen LogP contribution in [-0.4, -0.2) is 33.1 Å². The molecule has 2 heterocycles. The minimum Gasteiger partial charge on any atom is -0.382 e. The first-order valence-corrected chi connectivity index (χ1v) is 11.3. The lowest BCUT2D eigenvalue weighted by atomic mass is 10.1. The summed E-state index contributed by atoms with van der Waals surface area (Å²) in [5.41, 5.74) is 7.30. The second kappa shape index (κ2) is 9.10. The van der Waals surface area contributed by atoms with Crippen molar-refractivity contribution < 1.29 is 4.79 Å². The number of anilines is 2. The summed E-state index contributed by atoms with van der Waals surface area (Å²) in [4.78, 5) is 17.3. The molecule has 0 aliphatic heterocycles. The molecule has 0 bridgehead atoms. The summed E-state index contributed by atoms with van der Waals surface area (Å²) < 4.78 is 1.70. The summed E-state index contributed by atoms with van der Waals surface area (Å²) in [5, 5.41) is 14.3. The first-order chi connectivity index (χ1) is 15.8. The van der Waals surface area contributed by atoms with E-state index in [1.54, 1.807) is 10.7 Å². The second-order valence-corrected chi connectivity index (χ2v) is 8.98. The van der Waals surface area contributed by atoms with Gasteiger partial charge < -0.3 is 16.0 Å². The smallest absolute Gasteiger partial charge is 0.253 e. The number of fused-ring (bicyclic) bond motifs is 1. The lowest BCUT2D eigenvalue weighted by molar-refractivity contribution is 0.0956. The zero-order valence-electron chi connectivity index (χ0n) is 20.0. The second-order valence-electron chi connectivity index (χ2n) is 8.98. The number of carbonyl (C=O) groups excluding carboxylic acids is 1. The third-order valence-electron chi connectivity index (χ3n) is 6.40. The van der Waals surface area contributed by atoms with E-state index in [0.717, 1.165) is 39.2 Å². The molecule has 3 N–H and O–H groups in total. The van der Waals surface area contributed by atoms with Gasteiger partial charge in [-0.25, -0.2) is 9.50 Å². The third kappa shape index (κ3) is 4.77. The number of hydrogen-bond acceptors (Lipinski definition) is 5. The molecular weight excluding hydrogens is 412 g/mol. The van der Waals surface area contributed by atoms with E-state index in [2.05, 4.69) is 64.7 Å². The van der Waals surface area contributed by atoms with Crippen LogP contribution >= 0.6 is 0 Å². The molecule has 0 spiro atoms. The number of rotatable bonds is 8. The largest absolute Gasteiger partial charge is 0.382 e. The van der Waals surface area contributed by atoms with Crippen molar-refractivity contribution in [2.24, 2.45) is 5.92 Å². The molecule has 2 aromatic heterocycles. The van der Waals surface area contributed by atoms with Crippen LogP contribution < -0.4 is 16.0 Å². The predicted octanol–water partition coefficient (Wildman–Crippen LogP) is 4.75. The normalized spacial score (nSPS) is 17.7. The van der Waals surface area contributed by atoms with Crippen molar-refractivity contribution in [3.05, 3.63) is 71.2 Å². The van der Waals surface area contributed by atoms with Crippen LogP contribution in [0.1, 0.15) is 54.2 Å². The summed E-state index contributed by atoms with van der Waals surface area (Å²) in [6.45, 7) is 14.9. The molecule has 7 nitrogen and oxygen atoms in total. The molecule has 33 heavy (non-hydrogen) atoms. The Labute approximate surface area is 195 Å². The Morgan fingerprint density at radius 2 is 2.09 bits per heavy atom. The van der Waals surface area contributed by atoms with E-state index >= 15 is 0 Å². The van der Waals surface area contributed by atoms with Crippen LogP contribution in [0.4, 0.5) is 11.5 Å². The lowest BCUT2D eigenvalue weighted by Gasteiger charge is -2.14. The molecule has 1 fully saturated rings. The van der Waals surface area contributed by atoms with Crippen molar-refractivity contribution in [1.82, 2.24) is 25.2 Å². The number of carbonyl (C=O) groups is 1. The van der Waals surface area contributed by atoms with E-state index in [-0.39, 0.29) is 5.91 Å². The van der Waals surface area contributed by atoms with Gasteiger partial charge in [0, 0.05) is 30.2 Å². The van der Waals surface area contributed by atoms with Crippen molar-refractivity contribution in [2.45, 2.75) is 47.1 Å². The number of nitrogens with zero attached hydrogens (tertiary/aromatic N) is 3. The monoisotopic (exact) mass is 444 g/mol. The standard InChI is InChI=1S/C26H32N6O/c1-7-15(2)12-27-26(33)21-13-32-24(18(21)5)25(28-14-29-32)31-23-11-20(9-8-16(23)3)19(6)30-22-10-17(22)4/h7-9,11,13-14,17,22,30H,6,10,12H2,1-5H3,(H,27,33)(H,28,29,31)/b15-7+/t17?,22-/m0/s1. The van der Waals surface area contributed by atoms with Gasteiger partial charge in [0.1, 0.15) is 11.8 Å². The fraction of sp³-hybridized carbons (Fsp3) is 0.346. The van der Waals surface area contributed by atoms with Crippen LogP contribution in [0.3, 0.4) is 0 Å². The topological polar surface area (TPSA) is 83.3 Å². The number of aromatic nitrogens is 3. The highest BCUT2D eigenvalue weighted by atomic mass is 16.1. The molecule has 1 saturated carbocycles. The van der Waals surface area contributed by atoms with Crippen LogP contribution in [-0.2, 0) is 0 Å². The molecule has 7 heteroatoms. The van der Waals surface area contributed by atoms with Crippen molar-refractivity contribution in [3.8, 4) is 0 Å². The van der Waals surface area contributed by atoms with Crippen molar-refractivity contribution >= 4 is 28.6 Å². The summed E-state index contributed by atoms with van der Waals surface area (Å²) in [6, 6.07) is 6.76. The average Bonchev–Trinajstić information content (AvgIpc) is 3.38. The maximum Gasteiger partial charge on any atom is 0.253 e. The van der Waals surface area contributed by atoms with E-state index in [4.69, 9.17) is 0 Å². The van der Waals surface area contributed by atoms with Crippen LogP contribution in [0.5, 0.6) is 0 Å². The van der Waals surface area contributed by atoms with Gasteiger partial charge in [-0.15, -0.1) is 0 Å². The molecular formula is C26H32N6O. The fourth-order valence-electron chi connectivity index (χ4n) is 3.80. The molecule has 0 radical (unpaired) electrons. The van der Waals surface area contributed by atoms with Crippen molar-refractivity contribution in [1.29, 1.82) is 0 Å². The highest BCUT2D eigenvalue weighted by molar-refractivity contribution is 5.99. The Kier molecular flexibility index (Phi) is 6.22. The number of aryl methyl sites for hydroxylation is 2. The van der Waals surface area contributed by atoms with Crippen molar-refractivity contribution in [2.75, 3.05) is 11.9 Å². The molecule has 4 rings (SSSR count). The van der Waals surface area contributed by atoms with E-state index in [1.807, 2.05) is 26.8 Å². The van der Waals surface area contributed by atoms with Gasteiger partial charge in [-0.2, -0.15) is 5.10 Å². The van der Waals surface area contributed by atoms with Crippen molar-refractivity contribution in [3.63, 3.8) is 0 Å². The summed E-state index contributed by atoms with van der Waals surface area (Å²) in [6.07, 6.45) is 6.42. The van der Waals surface area contributed by atoms with Crippen LogP contribution in [0, 0.1) is 19.8 Å². The minimum atomic E-state index is -0.125. The van der Waals surface area contributed by atoms with Crippen LogP contribution in [0.25, 0.3) is 11.2 Å².